The first-order valence-electron chi connectivity index (χ1n) is 6.86. The summed E-state index contributed by atoms with van der Waals surface area (Å²) < 4.78 is 0. The van der Waals surface area contributed by atoms with Gasteiger partial charge < -0.3 is 16.4 Å². The molecule has 0 aliphatic rings. The molecule has 0 saturated carbocycles. The van der Waals surface area contributed by atoms with Gasteiger partial charge in [-0.25, -0.2) is 9.97 Å². The molecule has 7 nitrogen and oxygen atoms in total. The topological polar surface area (TPSA) is 110 Å². The third-order valence-corrected chi connectivity index (χ3v) is 2.88. The summed E-state index contributed by atoms with van der Waals surface area (Å²) in [5, 5.41) is 5.79. The van der Waals surface area contributed by atoms with E-state index in [1.165, 1.54) is 0 Å². The molecule has 0 saturated heterocycles. The molecule has 1 aromatic heterocycles. The normalized spacial score (nSPS) is 10.0. The van der Waals surface area contributed by atoms with Crippen molar-refractivity contribution in [3.8, 4) is 0 Å². The summed E-state index contributed by atoms with van der Waals surface area (Å²) in [4.78, 5) is 30.8. The van der Waals surface area contributed by atoms with Gasteiger partial charge in [0.15, 0.2) is 0 Å². The lowest BCUT2D eigenvalue weighted by molar-refractivity contribution is -0.116. The van der Waals surface area contributed by atoms with Crippen LogP contribution >= 0.6 is 0 Å². The molecule has 2 amide bonds. The molecule has 7 heteroatoms. The van der Waals surface area contributed by atoms with Crippen LogP contribution in [0.4, 0.5) is 11.6 Å². The fraction of sp³-hybridized carbons (Fsp3) is 0.200. The van der Waals surface area contributed by atoms with E-state index in [-0.39, 0.29) is 5.91 Å². The highest BCUT2D eigenvalue weighted by Crippen LogP contribution is 2.10. The van der Waals surface area contributed by atoms with Crippen molar-refractivity contribution in [1.29, 1.82) is 0 Å². The van der Waals surface area contributed by atoms with Gasteiger partial charge in [0.1, 0.15) is 0 Å². The predicted octanol–water partition coefficient (Wildman–Crippen LogP) is 1.41. The number of benzene rings is 1. The molecule has 1 aromatic carbocycles. The summed E-state index contributed by atoms with van der Waals surface area (Å²) in [5.41, 5.74) is 6.19. The molecule has 0 unspecified atom stereocenters. The Morgan fingerprint density at radius 2 is 1.77 bits per heavy atom. The Morgan fingerprint density at radius 1 is 1.09 bits per heavy atom. The molecule has 0 bridgehead atoms. The fourth-order valence-corrected chi connectivity index (χ4v) is 1.78. The number of amides is 2. The van der Waals surface area contributed by atoms with Crippen LogP contribution in [-0.2, 0) is 4.79 Å². The number of carbonyl (C=O) groups excluding carboxylic acids is 2. The molecular weight excluding hydrogens is 282 g/mol. The second-order valence-electron chi connectivity index (χ2n) is 4.59. The number of hydrogen-bond acceptors (Lipinski definition) is 5. The molecule has 1 heterocycles. The zero-order valence-electron chi connectivity index (χ0n) is 12.0. The zero-order valence-corrected chi connectivity index (χ0v) is 12.0. The van der Waals surface area contributed by atoms with E-state index in [4.69, 9.17) is 5.73 Å². The fourth-order valence-electron chi connectivity index (χ4n) is 1.78. The first kappa shape index (κ1) is 15.4. The van der Waals surface area contributed by atoms with Crippen molar-refractivity contribution in [3.05, 3.63) is 48.3 Å². The van der Waals surface area contributed by atoms with E-state index < -0.39 is 5.91 Å². The van der Waals surface area contributed by atoms with E-state index in [1.807, 2.05) is 0 Å². The number of nitrogens with zero attached hydrogens (tertiary/aromatic N) is 2. The summed E-state index contributed by atoms with van der Waals surface area (Å²) >= 11 is 0. The largest absolute Gasteiger partial charge is 0.366 e. The van der Waals surface area contributed by atoms with Crippen LogP contribution < -0.4 is 16.4 Å². The smallest absolute Gasteiger partial charge is 0.248 e. The summed E-state index contributed by atoms with van der Waals surface area (Å²) in [7, 11) is 0. The van der Waals surface area contributed by atoms with Crippen molar-refractivity contribution >= 4 is 23.5 Å². The van der Waals surface area contributed by atoms with E-state index >= 15 is 0 Å². The van der Waals surface area contributed by atoms with Crippen LogP contribution in [0.5, 0.6) is 0 Å². The number of nitrogens with one attached hydrogen (secondary N) is 2. The predicted molar refractivity (Wildman–Crippen MR) is 83.3 cm³/mol. The van der Waals surface area contributed by atoms with Crippen LogP contribution in [-0.4, -0.2) is 28.3 Å². The van der Waals surface area contributed by atoms with Crippen LogP contribution in [0.1, 0.15) is 23.2 Å². The van der Waals surface area contributed by atoms with Crippen molar-refractivity contribution < 1.29 is 9.59 Å². The van der Waals surface area contributed by atoms with E-state index in [2.05, 4.69) is 20.6 Å². The highest BCUT2D eigenvalue weighted by molar-refractivity contribution is 5.94. The first-order chi connectivity index (χ1) is 10.6. The highest BCUT2D eigenvalue weighted by atomic mass is 16.1. The molecule has 0 atom stereocenters. The van der Waals surface area contributed by atoms with Crippen LogP contribution in [0.3, 0.4) is 0 Å². The monoisotopic (exact) mass is 299 g/mol. The Labute approximate surface area is 128 Å². The maximum atomic E-state index is 11.8. The standard InChI is InChI=1S/C15H17N5O2/c16-14(22)11-4-6-12(7-5-11)20-13(21)3-1-8-17-15-18-9-2-10-19-15/h2,4-7,9-10H,1,3,8H2,(H2,16,22)(H,20,21)(H,17,18,19). The zero-order chi connectivity index (χ0) is 15.8. The van der Waals surface area contributed by atoms with E-state index in [1.54, 1.807) is 42.7 Å². The third-order valence-electron chi connectivity index (χ3n) is 2.88. The minimum atomic E-state index is -0.493. The molecule has 22 heavy (non-hydrogen) atoms. The summed E-state index contributed by atoms with van der Waals surface area (Å²) in [6, 6.07) is 8.18. The quantitative estimate of drug-likeness (QED) is 0.669. The minimum absolute atomic E-state index is 0.0948. The Bertz CT molecular complexity index is 628. The Kier molecular flexibility index (Phi) is 5.42. The molecule has 0 aliphatic heterocycles. The molecule has 0 radical (unpaired) electrons. The van der Waals surface area contributed by atoms with Crippen molar-refractivity contribution in [2.75, 3.05) is 17.2 Å². The van der Waals surface area contributed by atoms with Crippen molar-refractivity contribution in [2.45, 2.75) is 12.8 Å². The molecule has 2 aromatic rings. The molecule has 0 fully saturated rings. The molecular formula is C15H17N5O2. The second kappa shape index (κ2) is 7.72. The summed E-state index contributed by atoms with van der Waals surface area (Å²) in [6.45, 7) is 0.609. The SMILES string of the molecule is NC(=O)c1ccc(NC(=O)CCCNc2ncccn2)cc1. The van der Waals surface area contributed by atoms with Gasteiger partial charge in [-0.2, -0.15) is 0 Å². The number of nitrogens with two attached hydrogens (primary N) is 1. The molecule has 0 aliphatic carbocycles. The second-order valence-corrected chi connectivity index (χ2v) is 4.59. The number of aromatic nitrogens is 2. The third kappa shape index (κ3) is 4.86. The number of hydrogen-bond donors (Lipinski definition) is 3. The van der Waals surface area contributed by atoms with Gasteiger partial charge in [0, 0.05) is 36.6 Å². The van der Waals surface area contributed by atoms with Gasteiger partial charge in [-0.1, -0.05) is 0 Å². The van der Waals surface area contributed by atoms with Crippen LogP contribution in [0.2, 0.25) is 0 Å². The van der Waals surface area contributed by atoms with Crippen molar-refractivity contribution in [1.82, 2.24) is 9.97 Å². The average molecular weight is 299 g/mol. The molecule has 2 rings (SSSR count). The number of anilines is 2. The number of rotatable bonds is 7. The molecule has 0 spiro atoms. The van der Waals surface area contributed by atoms with Crippen LogP contribution in [0.15, 0.2) is 42.7 Å². The number of primary amides is 1. The average Bonchev–Trinajstić information content (AvgIpc) is 2.53. The Hall–Kier alpha value is -2.96. The Morgan fingerprint density at radius 3 is 2.41 bits per heavy atom. The lowest BCUT2D eigenvalue weighted by Gasteiger charge is -2.06. The lowest BCUT2D eigenvalue weighted by Crippen LogP contribution is -2.14. The van der Waals surface area contributed by atoms with E-state index in [0.29, 0.717) is 36.6 Å². The molecule has 114 valence electrons. The van der Waals surface area contributed by atoms with E-state index in [0.717, 1.165) is 0 Å². The Balaban J connectivity index is 1.70. The molecule has 4 N–H and O–H groups in total. The van der Waals surface area contributed by atoms with Gasteiger partial charge in [-0.05, 0) is 36.8 Å². The summed E-state index contributed by atoms with van der Waals surface area (Å²) in [6.07, 6.45) is 4.33. The van der Waals surface area contributed by atoms with Gasteiger partial charge in [-0.3, -0.25) is 9.59 Å². The maximum Gasteiger partial charge on any atom is 0.248 e. The number of carbonyl (C=O) groups is 2. The van der Waals surface area contributed by atoms with Gasteiger partial charge in [0.25, 0.3) is 0 Å². The van der Waals surface area contributed by atoms with Gasteiger partial charge >= 0.3 is 0 Å². The van der Waals surface area contributed by atoms with E-state index in [9.17, 15) is 9.59 Å². The maximum absolute atomic E-state index is 11.8. The summed E-state index contributed by atoms with van der Waals surface area (Å²) in [5.74, 6) is -0.0420. The van der Waals surface area contributed by atoms with Crippen LogP contribution in [0.25, 0.3) is 0 Å². The minimum Gasteiger partial charge on any atom is -0.366 e. The lowest BCUT2D eigenvalue weighted by atomic mass is 10.2. The van der Waals surface area contributed by atoms with Crippen molar-refractivity contribution in [3.63, 3.8) is 0 Å². The highest BCUT2D eigenvalue weighted by Gasteiger charge is 2.04. The van der Waals surface area contributed by atoms with Gasteiger partial charge in [0.2, 0.25) is 17.8 Å². The van der Waals surface area contributed by atoms with Crippen LogP contribution in [0, 0.1) is 0 Å². The van der Waals surface area contributed by atoms with Gasteiger partial charge in [0.05, 0.1) is 0 Å². The van der Waals surface area contributed by atoms with Gasteiger partial charge in [-0.15, -0.1) is 0 Å². The van der Waals surface area contributed by atoms with Crippen molar-refractivity contribution in [2.24, 2.45) is 5.73 Å². The first-order valence-corrected chi connectivity index (χ1v) is 6.86.